The fraction of sp³-hybridized carbons (Fsp3) is 0.0909. The van der Waals surface area contributed by atoms with Gasteiger partial charge in [-0.15, -0.1) is 10.2 Å². The van der Waals surface area contributed by atoms with Gasteiger partial charge in [0.25, 0.3) is 0 Å². The fourth-order valence-electron chi connectivity index (χ4n) is 2.93. The van der Waals surface area contributed by atoms with Crippen LogP contribution in [0.5, 0.6) is 0 Å². The van der Waals surface area contributed by atoms with Crippen LogP contribution >= 0.6 is 23.2 Å². The summed E-state index contributed by atoms with van der Waals surface area (Å²) >= 11 is 12.5. The van der Waals surface area contributed by atoms with Gasteiger partial charge in [0.2, 0.25) is 0 Å². The van der Waals surface area contributed by atoms with Crippen molar-refractivity contribution in [3.8, 4) is 22.5 Å². The molecule has 0 spiro atoms. The molecule has 0 amide bonds. The highest BCUT2D eigenvalue weighted by Crippen LogP contribution is 2.28. The SMILES string of the molecule is Clc1ccccc1CCc1nccc(-c2cc(-c3ccccc3)c(Cl)nn2)n1.NN. The molecule has 0 saturated heterocycles. The van der Waals surface area contributed by atoms with E-state index < -0.39 is 0 Å². The fourth-order valence-corrected chi connectivity index (χ4v) is 3.36. The monoisotopic (exact) mass is 438 g/mol. The average molecular weight is 439 g/mol. The zero-order chi connectivity index (χ0) is 21.3. The molecule has 0 bridgehead atoms. The van der Waals surface area contributed by atoms with E-state index in [0.29, 0.717) is 23.0 Å². The Bertz CT molecular complexity index is 1110. The predicted molar refractivity (Wildman–Crippen MR) is 121 cm³/mol. The summed E-state index contributed by atoms with van der Waals surface area (Å²) < 4.78 is 0. The third-order valence-corrected chi connectivity index (χ3v) is 5.03. The maximum atomic E-state index is 6.26. The highest BCUT2D eigenvalue weighted by molar-refractivity contribution is 6.32. The third kappa shape index (κ3) is 5.37. The van der Waals surface area contributed by atoms with Crippen LogP contribution in [-0.4, -0.2) is 20.2 Å². The standard InChI is InChI=1S/C22H16Cl2N4.H4N2/c23-18-9-5-4-8-16(18)10-11-21-25-13-12-19(26-21)20-14-17(22(24)28-27-20)15-6-2-1-3-7-15;1-2/h1-9,12-14H,10-11H2;1-2H2. The van der Waals surface area contributed by atoms with Gasteiger partial charge in [0.15, 0.2) is 5.15 Å². The maximum Gasteiger partial charge on any atom is 0.159 e. The van der Waals surface area contributed by atoms with Crippen LogP contribution in [0.2, 0.25) is 10.2 Å². The molecule has 8 heteroatoms. The summed E-state index contributed by atoms with van der Waals surface area (Å²) in [7, 11) is 0. The molecule has 2 aromatic carbocycles. The molecular formula is C22H20Cl2N6. The minimum atomic E-state index is 0.364. The van der Waals surface area contributed by atoms with E-state index in [2.05, 4.69) is 31.9 Å². The van der Waals surface area contributed by atoms with E-state index in [9.17, 15) is 0 Å². The van der Waals surface area contributed by atoms with Crippen LogP contribution in [0.3, 0.4) is 0 Å². The van der Waals surface area contributed by atoms with E-state index in [0.717, 1.165) is 34.0 Å². The number of aromatic nitrogens is 4. The smallest absolute Gasteiger partial charge is 0.159 e. The zero-order valence-corrected chi connectivity index (χ0v) is 17.6. The lowest BCUT2D eigenvalue weighted by molar-refractivity contribution is 0.857. The van der Waals surface area contributed by atoms with Crippen molar-refractivity contribution >= 4 is 23.2 Å². The van der Waals surface area contributed by atoms with Gasteiger partial charge in [-0.1, -0.05) is 71.7 Å². The van der Waals surface area contributed by atoms with Crippen molar-refractivity contribution in [2.45, 2.75) is 12.8 Å². The van der Waals surface area contributed by atoms with Crippen molar-refractivity contribution in [3.63, 3.8) is 0 Å². The van der Waals surface area contributed by atoms with Crippen LogP contribution in [0.4, 0.5) is 0 Å². The number of nitrogens with zero attached hydrogens (tertiary/aromatic N) is 4. The molecule has 0 saturated carbocycles. The Kier molecular flexibility index (Phi) is 7.82. The Morgan fingerprint density at radius 3 is 2.27 bits per heavy atom. The minimum Gasteiger partial charge on any atom is -0.274 e. The predicted octanol–water partition coefficient (Wildman–Crippen LogP) is 4.51. The number of rotatable bonds is 5. The summed E-state index contributed by atoms with van der Waals surface area (Å²) in [5.74, 6) is 8.73. The first kappa shape index (κ1) is 21.8. The van der Waals surface area contributed by atoms with Crippen molar-refractivity contribution in [1.82, 2.24) is 20.2 Å². The topological polar surface area (TPSA) is 104 Å². The van der Waals surface area contributed by atoms with E-state index in [1.807, 2.05) is 66.7 Å². The van der Waals surface area contributed by atoms with Crippen molar-refractivity contribution in [3.05, 3.63) is 94.5 Å². The lowest BCUT2D eigenvalue weighted by Gasteiger charge is -2.07. The van der Waals surface area contributed by atoms with E-state index in [4.69, 9.17) is 23.2 Å². The number of hydrazine groups is 1. The van der Waals surface area contributed by atoms with Gasteiger partial charge in [0.1, 0.15) is 11.5 Å². The van der Waals surface area contributed by atoms with Gasteiger partial charge in [-0.2, -0.15) is 0 Å². The molecule has 4 aromatic rings. The van der Waals surface area contributed by atoms with Crippen LogP contribution in [0.1, 0.15) is 11.4 Å². The zero-order valence-electron chi connectivity index (χ0n) is 16.0. The average Bonchev–Trinajstić information content (AvgIpc) is 2.81. The number of nitrogens with two attached hydrogens (primary N) is 2. The quantitative estimate of drug-likeness (QED) is 0.350. The number of benzene rings is 2. The second-order valence-electron chi connectivity index (χ2n) is 6.25. The van der Waals surface area contributed by atoms with Crippen molar-refractivity contribution < 1.29 is 0 Å². The summed E-state index contributed by atoms with van der Waals surface area (Å²) in [5.41, 5.74) is 4.26. The molecule has 0 radical (unpaired) electrons. The Balaban J connectivity index is 0.00000124. The van der Waals surface area contributed by atoms with Gasteiger partial charge in [0.05, 0.1) is 5.69 Å². The first-order chi connectivity index (χ1) is 14.7. The van der Waals surface area contributed by atoms with Gasteiger partial charge < -0.3 is 0 Å². The summed E-state index contributed by atoms with van der Waals surface area (Å²) in [5, 5.41) is 9.44. The van der Waals surface area contributed by atoms with Crippen LogP contribution < -0.4 is 11.7 Å². The Morgan fingerprint density at radius 1 is 0.767 bits per heavy atom. The minimum absolute atomic E-state index is 0.364. The van der Waals surface area contributed by atoms with E-state index >= 15 is 0 Å². The lowest BCUT2D eigenvalue weighted by atomic mass is 10.1. The lowest BCUT2D eigenvalue weighted by Crippen LogP contribution is -2.02. The van der Waals surface area contributed by atoms with Gasteiger partial charge >= 0.3 is 0 Å². The highest BCUT2D eigenvalue weighted by atomic mass is 35.5. The molecule has 0 atom stereocenters. The van der Waals surface area contributed by atoms with Gasteiger partial charge in [-0.05, 0) is 35.7 Å². The maximum absolute atomic E-state index is 6.26. The summed E-state index contributed by atoms with van der Waals surface area (Å²) in [6, 6.07) is 21.4. The molecule has 0 aliphatic heterocycles. The first-order valence-corrected chi connectivity index (χ1v) is 9.94. The molecule has 0 unspecified atom stereocenters. The summed E-state index contributed by atoms with van der Waals surface area (Å²) in [6.07, 6.45) is 3.19. The van der Waals surface area contributed by atoms with E-state index in [1.165, 1.54) is 0 Å². The van der Waals surface area contributed by atoms with Crippen LogP contribution in [0.15, 0.2) is 72.9 Å². The highest BCUT2D eigenvalue weighted by Gasteiger charge is 2.11. The molecule has 6 nitrogen and oxygen atoms in total. The summed E-state index contributed by atoms with van der Waals surface area (Å²) in [4.78, 5) is 9.03. The number of aryl methyl sites for hydroxylation is 2. The van der Waals surface area contributed by atoms with Crippen LogP contribution in [-0.2, 0) is 12.8 Å². The van der Waals surface area contributed by atoms with Crippen LogP contribution in [0.25, 0.3) is 22.5 Å². The molecule has 30 heavy (non-hydrogen) atoms. The van der Waals surface area contributed by atoms with Gasteiger partial charge in [-0.25, -0.2) is 9.97 Å². The largest absolute Gasteiger partial charge is 0.274 e. The molecule has 0 aliphatic rings. The number of hydrogen-bond acceptors (Lipinski definition) is 6. The van der Waals surface area contributed by atoms with Crippen molar-refractivity contribution in [2.24, 2.45) is 11.7 Å². The van der Waals surface area contributed by atoms with E-state index in [1.54, 1.807) is 6.20 Å². The van der Waals surface area contributed by atoms with Crippen molar-refractivity contribution in [1.29, 1.82) is 0 Å². The number of hydrogen-bond donors (Lipinski definition) is 2. The Morgan fingerprint density at radius 2 is 1.50 bits per heavy atom. The van der Waals surface area contributed by atoms with Gasteiger partial charge in [-0.3, -0.25) is 11.7 Å². The summed E-state index contributed by atoms with van der Waals surface area (Å²) in [6.45, 7) is 0. The Labute approximate surface area is 184 Å². The molecule has 2 aromatic heterocycles. The molecular weight excluding hydrogens is 419 g/mol. The number of halogens is 2. The second-order valence-corrected chi connectivity index (χ2v) is 7.01. The van der Waals surface area contributed by atoms with Crippen LogP contribution in [0, 0.1) is 0 Å². The van der Waals surface area contributed by atoms with E-state index in [-0.39, 0.29) is 0 Å². The normalized spacial score (nSPS) is 10.3. The molecule has 0 fully saturated rings. The molecule has 152 valence electrons. The molecule has 0 aliphatic carbocycles. The first-order valence-electron chi connectivity index (χ1n) is 9.18. The molecule has 2 heterocycles. The van der Waals surface area contributed by atoms with Gasteiger partial charge in [0, 0.05) is 23.2 Å². The Hall–Kier alpha value is -2.90. The second kappa shape index (κ2) is 10.8. The van der Waals surface area contributed by atoms with Crippen molar-refractivity contribution in [2.75, 3.05) is 0 Å². The molecule has 4 N–H and O–H groups in total. The third-order valence-electron chi connectivity index (χ3n) is 4.38. The molecule has 4 rings (SSSR count).